The van der Waals surface area contributed by atoms with Crippen LogP contribution in [0.5, 0.6) is 0 Å². The second-order valence-electron chi connectivity index (χ2n) is 6.50. The molecule has 0 fully saturated rings. The summed E-state index contributed by atoms with van der Waals surface area (Å²) in [5, 5.41) is 6.77. The summed E-state index contributed by atoms with van der Waals surface area (Å²) >= 11 is 0. The van der Waals surface area contributed by atoms with E-state index in [0.717, 1.165) is 12.1 Å². The van der Waals surface area contributed by atoms with Crippen LogP contribution in [0.4, 0.5) is 14.5 Å². The van der Waals surface area contributed by atoms with Crippen molar-refractivity contribution in [3.8, 4) is 5.82 Å². The molecule has 0 aliphatic carbocycles. The molecule has 152 valence electrons. The molecule has 8 nitrogen and oxygen atoms in total. The fraction of sp³-hybridized carbons (Fsp3) is 0.222. The number of nitrogens with one attached hydrogen (secondary N) is 1. The van der Waals surface area contributed by atoms with Crippen LogP contribution in [-0.2, 0) is 9.73 Å². The number of nitrogens with zero attached hydrogens (tertiary/aromatic N) is 5. The standard InChI is InChI=1S/C18H18F2N6O2S/c1-11(24-18(27)12-4-6-14(19)15(20)8-12)17-22-10-23-26(17)16-7-5-13(9-21-16)25-29(2,3)28/h4-11H,1-3H3,(H,24,27)/t11-/m0/s1. The van der Waals surface area contributed by atoms with Gasteiger partial charge in [0.25, 0.3) is 5.91 Å². The van der Waals surface area contributed by atoms with E-state index in [1.165, 1.54) is 35.8 Å². The van der Waals surface area contributed by atoms with Crippen molar-refractivity contribution in [1.82, 2.24) is 25.1 Å². The average molecular weight is 420 g/mol. The zero-order valence-electron chi connectivity index (χ0n) is 15.8. The summed E-state index contributed by atoms with van der Waals surface area (Å²) < 4.78 is 43.7. The number of benzene rings is 1. The predicted molar refractivity (Wildman–Crippen MR) is 103 cm³/mol. The van der Waals surface area contributed by atoms with Crippen LogP contribution >= 0.6 is 0 Å². The molecule has 0 saturated heterocycles. The summed E-state index contributed by atoms with van der Waals surface area (Å²) in [6.45, 7) is 1.67. The molecule has 29 heavy (non-hydrogen) atoms. The van der Waals surface area contributed by atoms with Gasteiger partial charge in [-0.1, -0.05) is 0 Å². The highest BCUT2D eigenvalue weighted by Crippen LogP contribution is 2.18. The molecule has 3 aromatic rings. The SMILES string of the molecule is C[C@H](NC(=O)c1ccc(F)c(F)c1)c1ncnn1-c1ccc(N=S(C)(C)=O)cn1. The van der Waals surface area contributed by atoms with E-state index in [2.05, 4.69) is 24.7 Å². The van der Waals surface area contributed by atoms with Gasteiger partial charge in [0, 0.05) is 27.8 Å². The maximum Gasteiger partial charge on any atom is 0.251 e. The molecule has 0 radical (unpaired) electrons. The summed E-state index contributed by atoms with van der Waals surface area (Å²) in [6.07, 6.45) is 5.81. The minimum Gasteiger partial charge on any atom is -0.342 e. The number of hydrogen-bond donors (Lipinski definition) is 1. The number of carbonyl (C=O) groups excluding carboxylic acids is 1. The van der Waals surface area contributed by atoms with Crippen molar-refractivity contribution in [2.75, 3.05) is 12.5 Å². The summed E-state index contributed by atoms with van der Waals surface area (Å²) in [5.41, 5.74) is 0.443. The molecule has 1 N–H and O–H groups in total. The van der Waals surface area contributed by atoms with E-state index in [1.54, 1.807) is 19.1 Å². The molecule has 0 saturated carbocycles. The molecule has 0 aliphatic heterocycles. The lowest BCUT2D eigenvalue weighted by Crippen LogP contribution is -2.29. The maximum absolute atomic E-state index is 13.4. The number of aromatic nitrogens is 4. The second kappa shape index (κ2) is 8.03. The average Bonchev–Trinajstić information content (AvgIpc) is 3.13. The quantitative estimate of drug-likeness (QED) is 0.684. The number of hydrogen-bond acceptors (Lipinski definition) is 6. The van der Waals surface area contributed by atoms with Crippen LogP contribution < -0.4 is 5.32 Å². The fourth-order valence-corrected chi connectivity index (χ4v) is 3.13. The Balaban J connectivity index is 1.81. The third kappa shape index (κ3) is 4.99. The first kappa shape index (κ1) is 20.5. The van der Waals surface area contributed by atoms with Crippen molar-refractivity contribution < 1.29 is 17.8 Å². The lowest BCUT2D eigenvalue weighted by atomic mass is 10.2. The van der Waals surface area contributed by atoms with Gasteiger partial charge in [-0.3, -0.25) is 4.79 Å². The topological polar surface area (TPSA) is 102 Å². The van der Waals surface area contributed by atoms with Gasteiger partial charge < -0.3 is 5.32 Å². The Kier molecular flexibility index (Phi) is 5.69. The predicted octanol–water partition coefficient (Wildman–Crippen LogP) is 2.79. The van der Waals surface area contributed by atoms with Crippen LogP contribution in [0.2, 0.25) is 0 Å². The van der Waals surface area contributed by atoms with Gasteiger partial charge in [0.1, 0.15) is 6.33 Å². The number of rotatable bonds is 5. The van der Waals surface area contributed by atoms with Crippen LogP contribution in [0, 0.1) is 11.6 Å². The lowest BCUT2D eigenvalue weighted by molar-refractivity contribution is 0.0937. The highest BCUT2D eigenvalue weighted by molar-refractivity contribution is 7.92. The monoisotopic (exact) mass is 420 g/mol. The zero-order valence-corrected chi connectivity index (χ0v) is 16.7. The molecule has 1 aromatic carbocycles. The van der Waals surface area contributed by atoms with Crippen molar-refractivity contribution >= 4 is 21.3 Å². The van der Waals surface area contributed by atoms with E-state index in [0.29, 0.717) is 17.3 Å². The van der Waals surface area contributed by atoms with Crippen LogP contribution in [0.1, 0.15) is 29.1 Å². The van der Waals surface area contributed by atoms with E-state index >= 15 is 0 Å². The van der Waals surface area contributed by atoms with Gasteiger partial charge in [-0.05, 0) is 37.3 Å². The van der Waals surface area contributed by atoms with Crippen LogP contribution in [0.3, 0.4) is 0 Å². The van der Waals surface area contributed by atoms with Gasteiger partial charge in [-0.2, -0.15) is 14.1 Å². The molecule has 0 unspecified atom stereocenters. The van der Waals surface area contributed by atoms with Gasteiger partial charge in [-0.25, -0.2) is 23.0 Å². The molecule has 11 heteroatoms. The highest BCUT2D eigenvalue weighted by Gasteiger charge is 2.19. The van der Waals surface area contributed by atoms with Gasteiger partial charge in [0.15, 0.2) is 23.3 Å². The van der Waals surface area contributed by atoms with Crippen LogP contribution in [-0.4, -0.2) is 42.4 Å². The van der Waals surface area contributed by atoms with Crippen molar-refractivity contribution in [3.63, 3.8) is 0 Å². The largest absolute Gasteiger partial charge is 0.342 e. The Labute approximate surface area is 166 Å². The number of halogens is 2. The number of pyridine rings is 1. The lowest BCUT2D eigenvalue weighted by Gasteiger charge is -2.14. The molecule has 1 amide bonds. The molecule has 0 aliphatic rings. The normalized spacial score (nSPS) is 12.4. The fourth-order valence-electron chi connectivity index (χ4n) is 2.52. The Morgan fingerprint density at radius 1 is 1.17 bits per heavy atom. The summed E-state index contributed by atoms with van der Waals surface area (Å²) in [4.78, 5) is 20.7. The Morgan fingerprint density at radius 3 is 2.55 bits per heavy atom. The molecule has 0 bridgehead atoms. The molecule has 0 spiro atoms. The summed E-state index contributed by atoms with van der Waals surface area (Å²) in [6, 6.07) is 5.57. The van der Waals surface area contributed by atoms with Gasteiger partial charge in [-0.15, -0.1) is 0 Å². The Bertz CT molecular complexity index is 1160. The van der Waals surface area contributed by atoms with Crippen molar-refractivity contribution in [2.24, 2.45) is 4.36 Å². The number of carbonyl (C=O) groups is 1. The summed E-state index contributed by atoms with van der Waals surface area (Å²) in [7, 11) is -2.31. The molecular formula is C18H18F2N6O2S. The van der Waals surface area contributed by atoms with Crippen LogP contribution in [0.15, 0.2) is 47.2 Å². The van der Waals surface area contributed by atoms with E-state index in [4.69, 9.17) is 0 Å². The smallest absolute Gasteiger partial charge is 0.251 e. The molecule has 2 aromatic heterocycles. The van der Waals surface area contributed by atoms with E-state index < -0.39 is 33.3 Å². The van der Waals surface area contributed by atoms with Gasteiger partial charge >= 0.3 is 0 Å². The van der Waals surface area contributed by atoms with Crippen LogP contribution in [0.25, 0.3) is 5.82 Å². The van der Waals surface area contributed by atoms with Gasteiger partial charge in [0.05, 0.1) is 17.9 Å². The molecule has 1 atom stereocenters. The first-order valence-corrected chi connectivity index (χ1v) is 10.8. The zero-order chi connectivity index (χ0) is 21.2. The minimum atomic E-state index is -2.31. The third-order valence-electron chi connectivity index (χ3n) is 3.77. The van der Waals surface area contributed by atoms with E-state index in [-0.39, 0.29) is 5.56 Å². The second-order valence-corrected chi connectivity index (χ2v) is 9.05. The number of amides is 1. The first-order chi connectivity index (χ1) is 13.6. The van der Waals surface area contributed by atoms with Crippen molar-refractivity contribution in [2.45, 2.75) is 13.0 Å². The Hall–Kier alpha value is -3.21. The molecule has 2 heterocycles. The first-order valence-electron chi connectivity index (χ1n) is 8.43. The molecular weight excluding hydrogens is 402 g/mol. The molecule has 3 rings (SSSR count). The third-order valence-corrected chi connectivity index (χ3v) is 4.42. The van der Waals surface area contributed by atoms with E-state index in [1.807, 2.05) is 0 Å². The highest BCUT2D eigenvalue weighted by atomic mass is 32.2. The Morgan fingerprint density at radius 2 is 1.93 bits per heavy atom. The van der Waals surface area contributed by atoms with E-state index in [9.17, 15) is 17.8 Å². The van der Waals surface area contributed by atoms with Crippen molar-refractivity contribution in [1.29, 1.82) is 0 Å². The van der Waals surface area contributed by atoms with Crippen molar-refractivity contribution in [3.05, 3.63) is 65.9 Å². The summed E-state index contributed by atoms with van der Waals surface area (Å²) in [5.74, 6) is -1.92. The minimum absolute atomic E-state index is 0.0198. The maximum atomic E-state index is 13.4. The van der Waals surface area contributed by atoms with Gasteiger partial charge in [0.2, 0.25) is 0 Å².